The number of hydrogen-bond acceptors (Lipinski definition) is 3. The molecule has 1 aliphatic rings. The molecule has 0 radical (unpaired) electrons. The zero-order chi connectivity index (χ0) is 30.6. The van der Waals surface area contributed by atoms with Gasteiger partial charge in [0.05, 0.1) is 11.4 Å². The highest BCUT2D eigenvalue weighted by Gasteiger charge is 2.38. The van der Waals surface area contributed by atoms with Gasteiger partial charge in [0.2, 0.25) is 0 Å². The Balaban J connectivity index is 1.36. The minimum atomic E-state index is -0.129. The average Bonchev–Trinajstić information content (AvgIpc) is 3.74. The lowest BCUT2D eigenvalue weighted by Crippen LogP contribution is -2.16. The van der Waals surface area contributed by atoms with Gasteiger partial charge in [0, 0.05) is 38.2 Å². The third kappa shape index (κ3) is 3.37. The van der Waals surface area contributed by atoms with Crippen molar-refractivity contribution in [2.75, 3.05) is 4.90 Å². The number of para-hydroxylation sites is 2. The van der Waals surface area contributed by atoms with Crippen molar-refractivity contribution in [1.29, 1.82) is 0 Å². The number of nitrogens with zero attached hydrogens (tertiary/aromatic N) is 1. The van der Waals surface area contributed by atoms with Crippen LogP contribution in [0.25, 0.3) is 65.8 Å². The van der Waals surface area contributed by atoms with Crippen molar-refractivity contribution in [1.82, 2.24) is 0 Å². The summed E-state index contributed by atoms with van der Waals surface area (Å²) in [6.07, 6.45) is 0. The molecule has 0 atom stereocenters. The molecule has 1 aliphatic carbocycles. The molecule has 2 aromatic heterocycles. The molecule has 0 N–H and O–H groups in total. The van der Waals surface area contributed by atoms with Gasteiger partial charge in [-0.2, -0.15) is 0 Å². The molecule has 0 saturated carbocycles. The molecule has 0 bridgehead atoms. The van der Waals surface area contributed by atoms with E-state index < -0.39 is 0 Å². The Bertz CT molecular complexity index is 2690. The number of furan rings is 2. The SMILES string of the molecule is CC1(C)c2ccccc2-c2c(N(c3ccc4oc5ccccc5c4c3)c3cc4ccccc4c4c3oc3ccccc34)cccc21. The third-order valence-electron chi connectivity index (χ3n) is 10.0. The molecule has 0 aliphatic heterocycles. The van der Waals surface area contributed by atoms with E-state index in [1.54, 1.807) is 0 Å². The van der Waals surface area contributed by atoms with Gasteiger partial charge in [-0.15, -0.1) is 0 Å². The van der Waals surface area contributed by atoms with Gasteiger partial charge in [0.25, 0.3) is 0 Å². The van der Waals surface area contributed by atoms with Gasteiger partial charge in [-0.25, -0.2) is 0 Å². The first-order chi connectivity index (χ1) is 22.6. The van der Waals surface area contributed by atoms with Crippen LogP contribution in [0, 0.1) is 0 Å². The number of anilines is 3. The minimum absolute atomic E-state index is 0.129. The minimum Gasteiger partial charge on any atom is -0.456 e. The summed E-state index contributed by atoms with van der Waals surface area (Å²) in [5.74, 6) is 0. The molecule has 46 heavy (non-hydrogen) atoms. The second-order valence-electron chi connectivity index (χ2n) is 12.9. The smallest absolute Gasteiger partial charge is 0.160 e. The van der Waals surface area contributed by atoms with E-state index in [1.807, 2.05) is 18.2 Å². The Morgan fingerprint density at radius 1 is 0.500 bits per heavy atom. The molecule has 0 fully saturated rings. The highest BCUT2D eigenvalue weighted by atomic mass is 16.3. The molecule has 2 heterocycles. The molecule has 0 spiro atoms. The molecular formula is C43H29NO2. The van der Waals surface area contributed by atoms with Crippen molar-refractivity contribution in [2.45, 2.75) is 19.3 Å². The molecule has 218 valence electrons. The maximum Gasteiger partial charge on any atom is 0.160 e. The Labute approximate surface area is 265 Å². The predicted octanol–water partition coefficient (Wildman–Crippen LogP) is 12.4. The molecule has 0 saturated heterocycles. The summed E-state index contributed by atoms with van der Waals surface area (Å²) >= 11 is 0. The van der Waals surface area contributed by atoms with E-state index in [1.165, 1.54) is 33.0 Å². The maximum atomic E-state index is 6.83. The van der Waals surface area contributed by atoms with Crippen LogP contribution < -0.4 is 4.90 Å². The van der Waals surface area contributed by atoms with E-state index in [0.29, 0.717) is 0 Å². The largest absolute Gasteiger partial charge is 0.456 e. The molecule has 0 amide bonds. The quantitative estimate of drug-likeness (QED) is 0.205. The van der Waals surface area contributed by atoms with Crippen LogP contribution in [0.15, 0.2) is 148 Å². The monoisotopic (exact) mass is 591 g/mol. The van der Waals surface area contributed by atoms with Gasteiger partial charge in [-0.1, -0.05) is 111 Å². The van der Waals surface area contributed by atoms with Gasteiger partial charge in [0.1, 0.15) is 16.7 Å². The van der Waals surface area contributed by atoms with Crippen LogP contribution in [0.2, 0.25) is 0 Å². The van der Waals surface area contributed by atoms with E-state index in [2.05, 4.69) is 140 Å². The van der Waals surface area contributed by atoms with Gasteiger partial charge in [0.15, 0.2) is 5.58 Å². The van der Waals surface area contributed by atoms with Crippen LogP contribution in [-0.4, -0.2) is 0 Å². The second kappa shape index (κ2) is 9.12. The lowest BCUT2D eigenvalue weighted by atomic mass is 9.82. The van der Waals surface area contributed by atoms with Crippen LogP contribution >= 0.6 is 0 Å². The molecule has 3 nitrogen and oxygen atoms in total. The molecular weight excluding hydrogens is 562 g/mol. The van der Waals surface area contributed by atoms with E-state index in [9.17, 15) is 0 Å². The average molecular weight is 592 g/mol. The fourth-order valence-electron chi connectivity index (χ4n) is 7.91. The first-order valence-electron chi connectivity index (χ1n) is 15.9. The van der Waals surface area contributed by atoms with Gasteiger partial charge in [-0.3, -0.25) is 0 Å². The van der Waals surface area contributed by atoms with Crippen LogP contribution in [-0.2, 0) is 5.41 Å². The first-order valence-corrected chi connectivity index (χ1v) is 15.9. The summed E-state index contributed by atoms with van der Waals surface area (Å²) in [5, 5.41) is 6.81. The van der Waals surface area contributed by atoms with Crippen molar-refractivity contribution in [2.24, 2.45) is 0 Å². The number of rotatable bonds is 3. The summed E-state index contributed by atoms with van der Waals surface area (Å²) in [5.41, 5.74) is 11.8. The van der Waals surface area contributed by atoms with E-state index >= 15 is 0 Å². The zero-order valence-corrected chi connectivity index (χ0v) is 25.5. The molecule has 10 rings (SSSR count). The van der Waals surface area contributed by atoms with Crippen LogP contribution in [0.1, 0.15) is 25.0 Å². The molecule has 9 aromatic rings. The van der Waals surface area contributed by atoms with E-state index in [0.717, 1.165) is 60.9 Å². The topological polar surface area (TPSA) is 29.5 Å². The van der Waals surface area contributed by atoms with Crippen molar-refractivity contribution >= 4 is 71.7 Å². The summed E-state index contributed by atoms with van der Waals surface area (Å²) in [4.78, 5) is 2.41. The number of fused-ring (bicyclic) bond motifs is 11. The Morgan fingerprint density at radius 2 is 1.17 bits per heavy atom. The van der Waals surface area contributed by atoms with Crippen LogP contribution in [0.3, 0.4) is 0 Å². The molecule has 3 heteroatoms. The summed E-state index contributed by atoms with van der Waals surface area (Å²) < 4.78 is 13.1. The van der Waals surface area contributed by atoms with Gasteiger partial charge in [-0.05, 0) is 69.9 Å². The van der Waals surface area contributed by atoms with Crippen molar-refractivity contribution in [3.05, 3.63) is 151 Å². The van der Waals surface area contributed by atoms with Crippen molar-refractivity contribution in [3.63, 3.8) is 0 Å². The maximum absolute atomic E-state index is 6.83. The van der Waals surface area contributed by atoms with Gasteiger partial charge < -0.3 is 13.7 Å². The Morgan fingerprint density at radius 3 is 2.04 bits per heavy atom. The third-order valence-corrected chi connectivity index (χ3v) is 10.0. The lowest BCUT2D eigenvalue weighted by Gasteiger charge is -2.29. The first kappa shape index (κ1) is 25.5. The standard InChI is InChI=1S/C43H29NO2/c1-43(2)33-17-8-5-15-30(33)41-34(43)18-11-19-35(41)44(27-22-23-39-32(25-27)29-14-6-9-20-37(29)45-39)36-24-26-12-3-4-13-28(26)40-31-16-7-10-21-38(31)46-42(36)40/h3-25H,1-2H3. The summed E-state index contributed by atoms with van der Waals surface area (Å²) in [6.45, 7) is 4.67. The second-order valence-corrected chi connectivity index (χ2v) is 12.9. The van der Waals surface area contributed by atoms with E-state index in [-0.39, 0.29) is 5.41 Å². The predicted molar refractivity (Wildman–Crippen MR) is 191 cm³/mol. The van der Waals surface area contributed by atoms with Crippen LogP contribution in [0.4, 0.5) is 17.1 Å². The van der Waals surface area contributed by atoms with Gasteiger partial charge >= 0.3 is 0 Å². The normalized spacial score (nSPS) is 13.6. The van der Waals surface area contributed by atoms with Crippen molar-refractivity contribution in [3.8, 4) is 11.1 Å². The highest BCUT2D eigenvalue weighted by Crippen LogP contribution is 2.55. The Kier molecular flexibility index (Phi) is 5.06. The highest BCUT2D eigenvalue weighted by molar-refractivity contribution is 6.23. The molecule has 0 unspecified atom stereocenters. The van der Waals surface area contributed by atoms with E-state index in [4.69, 9.17) is 8.83 Å². The fourth-order valence-corrected chi connectivity index (χ4v) is 7.91. The zero-order valence-electron chi connectivity index (χ0n) is 25.5. The number of benzene rings is 7. The molecule has 7 aromatic carbocycles. The fraction of sp³-hybridized carbons (Fsp3) is 0.0698. The lowest BCUT2D eigenvalue weighted by molar-refractivity contribution is 0.660. The number of hydrogen-bond donors (Lipinski definition) is 0. The van der Waals surface area contributed by atoms with Crippen molar-refractivity contribution < 1.29 is 8.83 Å². The summed E-state index contributed by atoms with van der Waals surface area (Å²) in [7, 11) is 0. The van der Waals surface area contributed by atoms with Crippen LogP contribution in [0.5, 0.6) is 0 Å². The summed E-state index contributed by atoms with van der Waals surface area (Å²) in [6, 6.07) is 49.8. The Hall–Kier alpha value is -5.80.